The number of rotatable bonds is 2. The van der Waals surface area contributed by atoms with Gasteiger partial charge in [0.05, 0.1) is 17.1 Å². The minimum Gasteiger partial charge on any atom is -0.477 e. The Morgan fingerprint density at radius 3 is 2.88 bits per heavy atom. The van der Waals surface area contributed by atoms with Gasteiger partial charge in [0.25, 0.3) is 0 Å². The molecule has 0 aliphatic carbocycles. The topological polar surface area (TPSA) is 47.9 Å². The van der Waals surface area contributed by atoms with Gasteiger partial charge in [-0.1, -0.05) is 17.5 Å². The molecule has 82 valence electrons. The lowest BCUT2D eigenvalue weighted by Gasteiger charge is -2.19. The molecule has 0 aliphatic heterocycles. The van der Waals surface area contributed by atoms with Gasteiger partial charge in [-0.15, -0.1) is 6.42 Å². The van der Waals surface area contributed by atoms with E-state index in [2.05, 4.69) is 20.9 Å². The molecular weight excluding hydrogens is 235 g/mol. The van der Waals surface area contributed by atoms with Crippen molar-refractivity contribution in [3.63, 3.8) is 0 Å². The Kier molecular flexibility index (Phi) is 2.95. The first-order valence-electron chi connectivity index (χ1n) is 4.96. The summed E-state index contributed by atoms with van der Waals surface area (Å²) in [5.41, 5.74) is 1.16. The molecule has 0 saturated heterocycles. The molecule has 0 bridgehead atoms. The summed E-state index contributed by atoms with van der Waals surface area (Å²) in [6.07, 6.45) is 8.38. The summed E-state index contributed by atoms with van der Waals surface area (Å²) < 4.78 is 5.53. The van der Waals surface area contributed by atoms with Crippen molar-refractivity contribution in [1.82, 2.24) is 15.0 Å². The maximum atomic E-state index is 5.88. The van der Waals surface area contributed by atoms with Crippen LogP contribution < -0.4 is 4.74 Å². The first-order chi connectivity index (χ1) is 8.02. The van der Waals surface area contributed by atoms with Crippen molar-refractivity contribution in [3.05, 3.63) is 23.6 Å². The zero-order valence-electron chi connectivity index (χ0n) is 9.44. The number of ether oxygens (including phenoxy) is 1. The third-order valence-electron chi connectivity index (χ3n) is 2.10. The Bertz CT molecular complexity index is 612. The largest absolute Gasteiger partial charge is 0.477 e. The highest BCUT2D eigenvalue weighted by Crippen LogP contribution is 2.20. The number of aromatic nitrogens is 3. The Balaban J connectivity index is 2.43. The van der Waals surface area contributed by atoms with Gasteiger partial charge in [-0.25, -0.2) is 15.0 Å². The molecule has 2 heterocycles. The lowest BCUT2D eigenvalue weighted by molar-refractivity contribution is 0.285. The second-order valence-corrected chi connectivity index (χ2v) is 4.29. The minimum atomic E-state index is -0.723. The van der Waals surface area contributed by atoms with Crippen LogP contribution in [0, 0.1) is 12.3 Å². The molecule has 17 heavy (non-hydrogen) atoms. The van der Waals surface area contributed by atoms with Crippen molar-refractivity contribution in [1.29, 1.82) is 0 Å². The fourth-order valence-electron chi connectivity index (χ4n) is 1.24. The Labute approximate surface area is 106 Å². The van der Waals surface area contributed by atoms with E-state index in [1.165, 1.54) is 6.20 Å². The van der Waals surface area contributed by atoms with Crippen molar-refractivity contribution in [3.8, 4) is 18.2 Å². The van der Waals surface area contributed by atoms with E-state index >= 15 is 0 Å². The van der Waals surface area contributed by atoms with E-state index in [1.807, 2.05) is 0 Å². The highest BCUT2D eigenvalue weighted by molar-refractivity contribution is 6.41. The van der Waals surface area contributed by atoms with E-state index < -0.39 is 5.40 Å². The van der Waals surface area contributed by atoms with Gasteiger partial charge in [-0.05, 0) is 6.07 Å². The van der Waals surface area contributed by atoms with Gasteiger partial charge < -0.3 is 4.74 Å². The quantitative estimate of drug-likeness (QED) is 0.409. The number of pyridine rings is 1. The summed E-state index contributed by atoms with van der Waals surface area (Å²) in [7, 11) is 3.55. The highest BCUT2D eigenvalue weighted by Gasteiger charge is 2.17. The molecule has 4 nitrogen and oxygen atoms in total. The zero-order chi connectivity index (χ0) is 12.5. The van der Waals surface area contributed by atoms with Crippen LogP contribution >= 0.6 is 11.6 Å². The third-order valence-corrected chi connectivity index (χ3v) is 2.38. The summed E-state index contributed by atoms with van der Waals surface area (Å²) in [5.74, 6) is 2.88. The van der Waals surface area contributed by atoms with Crippen LogP contribution in [0.3, 0.4) is 0 Å². The second kappa shape index (κ2) is 4.27. The smallest absolute Gasteiger partial charge is 0.232 e. The Hall–Kier alpha value is -1.73. The molecule has 0 N–H and O–H groups in total. The first-order valence-corrected chi connectivity index (χ1v) is 5.34. The summed E-state index contributed by atoms with van der Waals surface area (Å²) >= 11 is 5.88. The molecule has 0 unspecified atom stereocenters. The number of fused-ring (bicyclic) bond motifs is 1. The van der Waals surface area contributed by atoms with E-state index in [-0.39, 0.29) is 0 Å². The lowest BCUT2D eigenvalue weighted by atomic mass is 9.66. The van der Waals surface area contributed by atoms with Gasteiger partial charge in [0.15, 0.2) is 20.8 Å². The monoisotopic (exact) mass is 243 g/mol. The molecule has 0 aliphatic rings. The predicted octanol–water partition coefficient (Wildman–Crippen LogP) is -0.390. The molecule has 0 atom stereocenters. The number of terminal acetylenes is 1. The lowest BCUT2D eigenvalue weighted by Crippen LogP contribution is -2.35. The van der Waals surface area contributed by atoms with E-state index in [0.717, 1.165) is 0 Å². The van der Waals surface area contributed by atoms with E-state index in [9.17, 15) is 0 Å². The van der Waals surface area contributed by atoms with Crippen LogP contribution in [0.15, 0.2) is 18.5 Å². The molecular formula is C10H8B2ClN3O. The molecule has 0 saturated carbocycles. The standard InChI is InChI=1S/C10H8B2ClN3O/c1-2-10(11,12)17-7-5-15-8-6(16-7)3-4-14-9(8)13/h1,3-5H,11-12H2. The van der Waals surface area contributed by atoms with Crippen LogP contribution in [0.4, 0.5) is 0 Å². The molecule has 2 rings (SSSR count). The molecule has 0 amide bonds. The van der Waals surface area contributed by atoms with Gasteiger partial charge >= 0.3 is 0 Å². The fraction of sp³-hybridized carbons (Fsp3) is 0.100. The molecule has 2 aromatic heterocycles. The Morgan fingerprint density at radius 2 is 2.18 bits per heavy atom. The summed E-state index contributed by atoms with van der Waals surface area (Å²) in [6.45, 7) is 0. The molecule has 0 fully saturated rings. The number of halogens is 1. The molecule has 0 radical (unpaired) electrons. The average molecular weight is 243 g/mol. The van der Waals surface area contributed by atoms with Crippen molar-refractivity contribution >= 4 is 38.3 Å². The maximum absolute atomic E-state index is 5.88. The maximum Gasteiger partial charge on any atom is 0.232 e. The van der Waals surface area contributed by atoms with Crippen molar-refractivity contribution in [2.75, 3.05) is 0 Å². The zero-order valence-corrected chi connectivity index (χ0v) is 10.2. The fourth-order valence-corrected chi connectivity index (χ4v) is 1.44. The van der Waals surface area contributed by atoms with E-state index in [0.29, 0.717) is 22.1 Å². The number of nitrogens with zero attached hydrogens (tertiary/aromatic N) is 3. The summed E-state index contributed by atoms with van der Waals surface area (Å²) in [6, 6.07) is 1.71. The van der Waals surface area contributed by atoms with Gasteiger partial charge in [0.2, 0.25) is 5.88 Å². The van der Waals surface area contributed by atoms with Crippen LogP contribution in [-0.4, -0.2) is 36.0 Å². The Morgan fingerprint density at radius 1 is 1.41 bits per heavy atom. The van der Waals surface area contributed by atoms with Crippen LogP contribution in [0.1, 0.15) is 0 Å². The van der Waals surface area contributed by atoms with Crippen molar-refractivity contribution < 1.29 is 4.74 Å². The molecule has 7 heteroatoms. The average Bonchev–Trinajstić information content (AvgIpc) is 2.29. The SMILES string of the molecule is BC(B)(C#C)Oc1cnc2c(Cl)nccc2n1. The first kappa shape index (κ1) is 11.7. The van der Waals surface area contributed by atoms with Crippen LogP contribution in [0.25, 0.3) is 11.0 Å². The van der Waals surface area contributed by atoms with Gasteiger partial charge in [0, 0.05) is 6.20 Å². The minimum absolute atomic E-state index is 0.317. The van der Waals surface area contributed by atoms with Crippen molar-refractivity contribution in [2.24, 2.45) is 0 Å². The summed E-state index contributed by atoms with van der Waals surface area (Å²) in [4.78, 5) is 12.3. The second-order valence-electron chi connectivity index (χ2n) is 3.93. The van der Waals surface area contributed by atoms with Gasteiger partial charge in [-0.2, -0.15) is 0 Å². The number of hydrogen-bond acceptors (Lipinski definition) is 4. The highest BCUT2D eigenvalue weighted by atomic mass is 35.5. The van der Waals surface area contributed by atoms with Gasteiger partial charge in [0.1, 0.15) is 5.52 Å². The van der Waals surface area contributed by atoms with Crippen LogP contribution in [0.5, 0.6) is 5.88 Å². The normalized spacial score (nSPS) is 11.1. The predicted molar refractivity (Wildman–Crippen MR) is 71.6 cm³/mol. The number of hydrogen-bond donors (Lipinski definition) is 0. The van der Waals surface area contributed by atoms with E-state index in [1.54, 1.807) is 28.0 Å². The summed E-state index contributed by atoms with van der Waals surface area (Å²) in [5, 5.41) is -0.406. The van der Waals surface area contributed by atoms with Crippen LogP contribution in [0.2, 0.25) is 5.15 Å². The molecule has 2 aromatic rings. The van der Waals surface area contributed by atoms with Gasteiger partial charge in [-0.3, -0.25) is 0 Å². The van der Waals surface area contributed by atoms with E-state index in [4.69, 9.17) is 22.8 Å². The third kappa shape index (κ3) is 2.51. The van der Waals surface area contributed by atoms with Crippen LogP contribution in [-0.2, 0) is 0 Å². The molecule has 0 aromatic carbocycles. The van der Waals surface area contributed by atoms with Crippen molar-refractivity contribution in [2.45, 2.75) is 5.40 Å². The molecule has 0 spiro atoms.